The van der Waals surface area contributed by atoms with Gasteiger partial charge in [-0.15, -0.1) is 10.2 Å². The number of azo groups is 1. The van der Waals surface area contributed by atoms with Crippen LogP contribution in [0.25, 0.3) is 10.9 Å². The predicted molar refractivity (Wildman–Crippen MR) is 101 cm³/mol. The lowest BCUT2D eigenvalue weighted by atomic mass is 10.2. The number of hydrogen-bond donors (Lipinski definition) is 3. The Bertz CT molecular complexity index is 1040. The predicted octanol–water partition coefficient (Wildman–Crippen LogP) is 3.67. The van der Waals surface area contributed by atoms with Gasteiger partial charge in [-0.25, -0.2) is 0 Å². The van der Waals surface area contributed by atoms with Gasteiger partial charge in [-0.2, -0.15) is 0 Å². The number of phenols is 1. The van der Waals surface area contributed by atoms with Gasteiger partial charge in [0.05, 0.1) is 5.52 Å². The monoisotopic (exact) mass is 465 g/mol. The summed E-state index contributed by atoms with van der Waals surface area (Å²) >= 11 is 2.08. The number of carboxylic acid groups (broad SMARTS) is 1. The smallest absolute Gasteiger partial charge is 0.323 e. The summed E-state index contributed by atoms with van der Waals surface area (Å²) in [6.45, 7) is -0.454. The van der Waals surface area contributed by atoms with Crippen molar-refractivity contribution in [2.24, 2.45) is 10.2 Å². The van der Waals surface area contributed by atoms with E-state index in [1.165, 1.54) is 28.8 Å². The number of aromatic nitrogens is 1. The quantitative estimate of drug-likeness (QED) is 0.401. The number of aromatic hydroxyl groups is 2. The Kier molecular flexibility index (Phi) is 4.89. The molecule has 26 heavy (non-hydrogen) atoms. The number of aliphatic carboxylic acids is 1. The SMILES string of the molecule is O=C(O)Cn1c(O)c(N=NC(=O)c2ccc(O)cc2)c2cc(I)ccc21. The molecule has 1 heterocycles. The van der Waals surface area contributed by atoms with Crippen LogP contribution in [0.1, 0.15) is 10.4 Å². The normalized spacial score (nSPS) is 11.3. The maximum Gasteiger partial charge on any atom is 0.323 e. The molecule has 3 N–H and O–H groups in total. The molecule has 0 unspecified atom stereocenters. The van der Waals surface area contributed by atoms with Gasteiger partial charge in [0.25, 0.3) is 5.91 Å². The Morgan fingerprint density at radius 3 is 2.42 bits per heavy atom. The molecule has 0 bridgehead atoms. The molecule has 132 valence electrons. The van der Waals surface area contributed by atoms with Crippen LogP contribution in [0.2, 0.25) is 0 Å². The number of benzene rings is 2. The van der Waals surface area contributed by atoms with Crippen LogP contribution < -0.4 is 0 Å². The van der Waals surface area contributed by atoms with Gasteiger partial charge in [0.1, 0.15) is 12.3 Å². The van der Waals surface area contributed by atoms with E-state index in [1.807, 2.05) is 0 Å². The van der Waals surface area contributed by atoms with Gasteiger partial charge in [-0.1, -0.05) is 0 Å². The number of carbonyl (C=O) groups is 2. The van der Waals surface area contributed by atoms with Crippen LogP contribution in [-0.4, -0.2) is 31.8 Å². The van der Waals surface area contributed by atoms with E-state index in [1.54, 1.807) is 18.2 Å². The Morgan fingerprint density at radius 2 is 1.77 bits per heavy atom. The summed E-state index contributed by atoms with van der Waals surface area (Å²) < 4.78 is 2.04. The first-order valence-corrected chi connectivity index (χ1v) is 8.42. The number of amides is 1. The number of carboxylic acids is 1. The van der Waals surface area contributed by atoms with Crippen LogP contribution >= 0.6 is 22.6 Å². The third-order valence-corrected chi connectivity index (χ3v) is 4.29. The highest BCUT2D eigenvalue weighted by Gasteiger charge is 2.19. The minimum absolute atomic E-state index is 0.0162. The molecule has 2 aromatic carbocycles. The summed E-state index contributed by atoms with van der Waals surface area (Å²) in [4.78, 5) is 23.2. The highest BCUT2D eigenvalue weighted by atomic mass is 127. The van der Waals surface area contributed by atoms with Gasteiger partial charge >= 0.3 is 5.97 Å². The van der Waals surface area contributed by atoms with Crippen molar-refractivity contribution < 1.29 is 24.9 Å². The highest BCUT2D eigenvalue weighted by molar-refractivity contribution is 14.1. The lowest BCUT2D eigenvalue weighted by Gasteiger charge is -2.02. The molecule has 3 aromatic rings. The fraction of sp³-hybridized carbons (Fsp3) is 0.0588. The van der Waals surface area contributed by atoms with E-state index >= 15 is 0 Å². The van der Waals surface area contributed by atoms with E-state index < -0.39 is 18.4 Å². The summed E-state index contributed by atoms with van der Waals surface area (Å²) in [7, 11) is 0. The van der Waals surface area contributed by atoms with Crippen molar-refractivity contribution in [1.82, 2.24) is 4.57 Å². The van der Waals surface area contributed by atoms with Crippen molar-refractivity contribution in [3.63, 3.8) is 0 Å². The zero-order valence-electron chi connectivity index (χ0n) is 13.1. The van der Waals surface area contributed by atoms with Gasteiger partial charge in [0.2, 0.25) is 5.88 Å². The zero-order valence-corrected chi connectivity index (χ0v) is 15.3. The van der Waals surface area contributed by atoms with Crippen molar-refractivity contribution in [2.45, 2.75) is 6.54 Å². The lowest BCUT2D eigenvalue weighted by Crippen LogP contribution is -2.07. The third kappa shape index (κ3) is 3.52. The van der Waals surface area contributed by atoms with E-state index in [9.17, 15) is 19.8 Å². The zero-order chi connectivity index (χ0) is 18.8. The molecule has 0 aliphatic rings. The molecule has 1 amide bonds. The van der Waals surface area contributed by atoms with Gasteiger partial charge in [0, 0.05) is 14.5 Å². The molecule has 0 fully saturated rings. The molecule has 0 aliphatic carbocycles. The first kappa shape index (κ1) is 17.9. The fourth-order valence-electron chi connectivity index (χ4n) is 2.45. The maximum absolute atomic E-state index is 12.1. The molecule has 0 saturated carbocycles. The van der Waals surface area contributed by atoms with Gasteiger partial charge < -0.3 is 15.3 Å². The molecular weight excluding hydrogens is 453 g/mol. The largest absolute Gasteiger partial charge is 0.508 e. The van der Waals surface area contributed by atoms with Gasteiger partial charge in [-0.3, -0.25) is 14.2 Å². The lowest BCUT2D eigenvalue weighted by molar-refractivity contribution is -0.137. The maximum atomic E-state index is 12.1. The molecule has 3 rings (SSSR count). The minimum atomic E-state index is -1.13. The van der Waals surface area contributed by atoms with Crippen LogP contribution in [0, 0.1) is 3.57 Å². The number of fused-ring (bicyclic) bond motifs is 1. The van der Waals surface area contributed by atoms with Crippen molar-refractivity contribution in [1.29, 1.82) is 0 Å². The van der Waals surface area contributed by atoms with Crippen molar-refractivity contribution in [2.75, 3.05) is 0 Å². The second-order valence-electron chi connectivity index (χ2n) is 5.37. The molecule has 0 aliphatic heterocycles. The standard InChI is InChI=1S/C17H12IN3O5/c18-10-3-6-13-12(7-10)15(17(26)21(13)8-14(23)24)19-20-16(25)9-1-4-11(22)5-2-9/h1-7,22,26H,8H2,(H,23,24). The molecular formula is C17H12IN3O5. The minimum Gasteiger partial charge on any atom is -0.508 e. The Balaban J connectivity index is 2.05. The summed E-state index contributed by atoms with van der Waals surface area (Å²) in [5.41, 5.74) is 0.707. The summed E-state index contributed by atoms with van der Waals surface area (Å²) in [5.74, 6) is -2.15. The fourth-order valence-corrected chi connectivity index (χ4v) is 2.94. The van der Waals surface area contributed by atoms with E-state index in [4.69, 9.17) is 5.11 Å². The van der Waals surface area contributed by atoms with Crippen LogP contribution in [0.4, 0.5) is 5.69 Å². The molecule has 1 aromatic heterocycles. The van der Waals surface area contributed by atoms with Gasteiger partial charge in [0.15, 0.2) is 5.69 Å². The summed E-state index contributed by atoms with van der Waals surface area (Å²) in [5, 5.41) is 36.6. The number of halogens is 1. The van der Waals surface area contributed by atoms with Crippen LogP contribution in [0.3, 0.4) is 0 Å². The molecule has 0 spiro atoms. The van der Waals surface area contributed by atoms with Crippen LogP contribution in [0.15, 0.2) is 52.7 Å². The second-order valence-corrected chi connectivity index (χ2v) is 6.61. The molecule has 9 heteroatoms. The van der Waals surface area contributed by atoms with Crippen LogP contribution in [-0.2, 0) is 11.3 Å². The average molecular weight is 465 g/mol. The van der Waals surface area contributed by atoms with E-state index in [0.29, 0.717) is 10.9 Å². The van der Waals surface area contributed by atoms with E-state index in [2.05, 4.69) is 32.8 Å². The first-order valence-electron chi connectivity index (χ1n) is 7.34. The number of carbonyl (C=O) groups excluding carboxylic acids is 1. The first-order chi connectivity index (χ1) is 12.4. The Labute approximate surface area is 160 Å². The summed E-state index contributed by atoms with van der Waals surface area (Å²) in [6, 6.07) is 10.6. The topological polar surface area (TPSA) is 124 Å². The van der Waals surface area contributed by atoms with Crippen molar-refractivity contribution in [3.8, 4) is 11.6 Å². The second kappa shape index (κ2) is 7.12. The van der Waals surface area contributed by atoms with E-state index in [-0.39, 0.29) is 22.9 Å². The number of rotatable bonds is 4. The van der Waals surface area contributed by atoms with Gasteiger partial charge in [-0.05, 0) is 65.1 Å². The van der Waals surface area contributed by atoms with Crippen molar-refractivity contribution >= 4 is 51.1 Å². The molecule has 8 nitrogen and oxygen atoms in total. The van der Waals surface area contributed by atoms with Crippen molar-refractivity contribution in [3.05, 3.63) is 51.6 Å². The molecule has 0 radical (unpaired) electrons. The number of hydrogen-bond acceptors (Lipinski definition) is 5. The van der Waals surface area contributed by atoms with E-state index in [0.717, 1.165) is 3.57 Å². The average Bonchev–Trinajstić information content (AvgIpc) is 2.84. The Hall–Kier alpha value is -2.95. The third-order valence-electron chi connectivity index (χ3n) is 3.62. The van der Waals surface area contributed by atoms with Crippen LogP contribution in [0.5, 0.6) is 11.6 Å². The molecule has 0 atom stereocenters. The molecule has 0 saturated heterocycles. The Morgan fingerprint density at radius 1 is 1.08 bits per heavy atom. The summed E-state index contributed by atoms with van der Waals surface area (Å²) in [6.07, 6.45) is 0. The highest BCUT2D eigenvalue weighted by Crippen LogP contribution is 2.39. The number of phenolic OH excluding ortho intramolecular Hbond substituents is 1. The number of nitrogens with zero attached hydrogens (tertiary/aromatic N) is 3.